The summed E-state index contributed by atoms with van der Waals surface area (Å²) in [6.45, 7) is 0. The number of carbonyl (C=O) groups excluding carboxylic acids is 1. The van der Waals surface area contributed by atoms with Crippen molar-refractivity contribution in [3.05, 3.63) is 88.2 Å². The first kappa shape index (κ1) is 19.5. The average Bonchev–Trinajstić information content (AvgIpc) is 3.18. The lowest BCUT2D eigenvalue weighted by Crippen LogP contribution is -2.19. The van der Waals surface area contributed by atoms with E-state index in [1.807, 2.05) is 53.9 Å². The van der Waals surface area contributed by atoms with Gasteiger partial charge in [-0.05, 0) is 36.4 Å². The molecule has 2 amide bonds. The summed E-state index contributed by atoms with van der Waals surface area (Å²) in [6.07, 6.45) is 0. The van der Waals surface area contributed by atoms with Crippen molar-refractivity contribution in [3.63, 3.8) is 0 Å². The van der Waals surface area contributed by atoms with Gasteiger partial charge in [0.15, 0.2) is 0 Å². The molecule has 0 aliphatic heterocycles. The van der Waals surface area contributed by atoms with E-state index >= 15 is 0 Å². The molecule has 0 bridgehead atoms. The number of nitrogens with one attached hydrogen (secondary N) is 2. The van der Waals surface area contributed by atoms with Gasteiger partial charge >= 0.3 is 6.03 Å². The highest BCUT2D eigenvalue weighted by atomic mass is 35.5. The molecule has 0 atom stereocenters. The molecule has 0 saturated heterocycles. The zero-order valence-electron chi connectivity index (χ0n) is 15.0. The number of rotatable bonds is 4. The number of carbonyl (C=O) groups is 1. The van der Waals surface area contributed by atoms with Crippen LogP contribution in [0.1, 0.15) is 0 Å². The molecule has 0 unspecified atom stereocenters. The van der Waals surface area contributed by atoms with Crippen molar-refractivity contribution in [1.29, 1.82) is 0 Å². The molecule has 1 heterocycles. The molecule has 29 heavy (non-hydrogen) atoms. The minimum Gasteiger partial charge on any atom is -0.308 e. The topological polar surface area (TPSA) is 54.0 Å². The first-order chi connectivity index (χ1) is 14.1. The van der Waals surface area contributed by atoms with Crippen LogP contribution >= 0.6 is 34.5 Å². The summed E-state index contributed by atoms with van der Waals surface area (Å²) in [5.41, 5.74) is 3.91. The van der Waals surface area contributed by atoms with Gasteiger partial charge in [-0.3, -0.25) is 0 Å². The van der Waals surface area contributed by atoms with E-state index in [-0.39, 0.29) is 6.03 Å². The number of hydrogen-bond acceptors (Lipinski definition) is 3. The number of benzene rings is 3. The molecular formula is C22H15Cl2N3OS. The van der Waals surface area contributed by atoms with Gasteiger partial charge in [-0.15, -0.1) is 11.3 Å². The molecule has 0 aliphatic carbocycles. The highest BCUT2D eigenvalue weighted by Crippen LogP contribution is 2.33. The summed E-state index contributed by atoms with van der Waals surface area (Å²) >= 11 is 13.8. The van der Waals surface area contributed by atoms with E-state index in [4.69, 9.17) is 28.2 Å². The second-order valence-corrected chi connectivity index (χ2v) is 7.89. The van der Waals surface area contributed by atoms with Crippen molar-refractivity contribution in [2.24, 2.45) is 0 Å². The smallest absolute Gasteiger partial charge is 0.308 e. The normalized spacial score (nSPS) is 10.6. The Morgan fingerprint density at radius 1 is 0.862 bits per heavy atom. The lowest BCUT2D eigenvalue weighted by molar-refractivity contribution is 0.262. The molecule has 4 rings (SSSR count). The predicted molar refractivity (Wildman–Crippen MR) is 122 cm³/mol. The maximum absolute atomic E-state index is 12.3. The standard InChI is InChI=1S/C22H15Cl2N3OS/c23-15-6-4-8-17(12-15)26-22(28)25-16-7-3-5-14(11-16)20-13-29-21(27-20)18-9-1-2-10-19(18)24/h1-13H,(H2,25,26,28). The zero-order chi connectivity index (χ0) is 20.2. The van der Waals surface area contributed by atoms with Crippen molar-refractivity contribution in [2.45, 2.75) is 0 Å². The van der Waals surface area contributed by atoms with Crippen LogP contribution < -0.4 is 10.6 Å². The number of urea groups is 1. The monoisotopic (exact) mass is 439 g/mol. The Hall–Kier alpha value is -2.86. The molecular weight excluding hydrogens is 425 g/mol. The van der Waals surface area contributed by atoms with Crippen LogP contribution in [0.25, 0.3) is 21.8 Å². The Balaban J connectivity index is 1.50. The van der Waals surface area contributed by atoms with Crippen molar-refractivity contribution >= 4 is 51.9 Å². The van der Waals surface area contributed by atoms with E-state index in [0.29, 0.717) is 21.4 Å². The van der Waals surface area contributed by atoms with E-state index in [2.05, 4.69) is 10.6 Å². The molecule has 2 N–H and O–H groups in total. The fourth-order valence-corrected chi connectivity index (χ4v) is 4.12. The SMILES string of the molecule is O=C(Nc1cccc(Cl)c1)Nc1cccc(-c2csc(-c3ccccc3Cl)n2)c1. The number of halogens is 2. The number of hydrogen-bond donors (Lipinski definition) is 2. The highest BCUT2D eigenvalue weighted by molar-refractivity contribution is 7.13. The van der Waals surface area contributed by atoms with Gasteiger partial charge in [0, 0.05) is 32.9 Å². The first-order valence-electron chi connectivity index (χ1n) is 8.73. The van der Waals surface area contributed by atoms with Crippen LogP contribution in [0.3, 0.4) is 0 Å². The fourth-order valence-electron chi connectivity index (χ4n) is 2.78. The molecule has 0 fully saturated rings. The zero-order valence-corrected chi connectivity index (χ0v) is 17.4. The Morgan fingerprint density at radius 3 is 2.34 bits per heavy atom. The van der Waals surface area contributed by atoms with Crippen molar-refractivity contribution in [1.82, 2.24) is 4.98 Å². The maximum atomic E-state index is 12.3. The van der Waals surface area contributed by atoms with Crippen LogP contribution in [-0.2, 0) is 0 Å². The summed E-state index contributed by atoms with van der Waals surface area (Å²) in [6, 6.07) is 21.8. The summed E-state index contributed by atoms with van der Waals surface area (Å²) in [5, 5.41) is 9.64. The third-order valence-corrected chi connectivity index (χ3v) is 5.55. The van der Waals surface area contributed by atoms with Crippen LogP contribution in [0, 0.1) is 0 Å². The van der Waals surface area contributed by atoms with E-state index in [0.717, 1.165) is 21.8 Å². The van der Waals surface area contributed by atoms with Crippen LogP contribution in [0.2, 0.25) is 10.0 Å². The summed E-state index contributed by atoms with van der Waals surface area (Å²) in [7, 11) is 0. The van der Waals surface area contributed by atoms with E-state index < -0.39 is 0 Å². The lowest BCUT2D eigenvalue weighted by Gasteiger charge is -2.09. The molecule has 3 aromatic carbocycles. The number of thiazole rings is 1. The third-order valence-electron chi connectivity index (χ3n) is 4.11. The molecule has 4 aromatic rings. The molecule has 4 nitrogen and oxygen atoms in total. The maximum Gasteiger partial charge on any atom is 0.323 e. The highest BCUT2D eigenvalue weighted by Gasteiger charge is 2.10. The van der Waals surface area contributed by atoms with Gasteiger partial charge in [-0.2, -0.15) is 0 Å². The largest absolute Gasteiger partial charge is 0.323 e. The van der Waals surface area contributed by atoms with E-state index in [9.17, 15) is 4.79 Å². The van der Waals surface area contributed by atoms with Gasteiger partial charge in [-0.1, -0.05) is 59.6 Å². The molecule has 0 saturated carbocycles. The first-order valence-corrected chi connectivity index (χ1v) is 10.4. The predicted octanol–water partition coefficient (Wildman–Crippen LogP) is 7.43. The van der Waals surface area contributed by atoms with Gasteiger partial charge in [0.1, 0.15) is 5.01 Å². The Bertz CT molecular complexity index is 1180. The Labute approximate surface area is 182 Å². The Morgan fingerprint density at radius 2 is 1.59 bits per heavy atom. The molecule has 7 heteroatoms. The summed E-state index contributed by atoms with van der Waals surface area (Å²) in [4.78, 5) is 17.0. The number of aromatic nitrogens is 1. The van der Waals surface area contributed by atoms with E-state index in [1.165, 1.54) is 11.3 Å². The van der Waals surface area contributed by atoms with Crippen molar-refractivity contribution in [2.75, 3.05) is 10.6 Å². The fraction of sp³-hybridized carbons (Fsp3) is 0. The van der Waals surface area contributed by atoms with Gasteiger partial charge in [-0.25, -0.2) is 9.78 Å². The van der Waals surface area contributed by atoms with Crippen LogP contribution in [-0.4, -0.2) is 11.0 Å². The second kappa shape index (κ2) is 8.66. The van der Waals surface area contributed by atoms with Crippen LogP contribution in [0.4, 0.5) is 16.2 Å². The van der Waals surface area contributed by atoms with Gasteiger partial charge in [0.25, 0.3) is 0 Å². The van der Waals surface area contributed by atoms with Crippen molar-refractivity contribution in [3.8, 4) is 21.8 Å². The lowest BCUT2D eigenvalue weighted by atomic mass is 10.1. The second-order valence-electron chi connectivity index (χ2n) is 6.19. The average molecular weight is 440 g/mol. The Kier molecular flexibility index (Phi) is 5.81. The van der Waals surface area contributed by atoms with Crippen molar-refractivity contribution < 1.29 is 4.79 Å². The number of nitrogens with zero attached hydrogens (tertiary/aromatic N) is 1. The van der Waals surface area contributed by atoms with Crippen LogP contribution in [0.5, 0.6) is 0 Å². The molecule has 0 radical (unpaired) electrons. The molecule has 0 aliphatic rings. The summed E-state index contributed by atoms with van der Waals surface area (Å²) < 4.78 is 0. The molecule has 1 aromatic heterocycles. The van der Waals surface area contributed by atoms with Gasteiger partial charge in [0.05, 0.1) is 10.7 Å². The molecule has 0 spiro atoms. The van der Waals surface area contributed by atoms with E-state index in [1.54, 1.807) is 24.3 Å². The quantitative estimate of drug-likeness (QED) is 0.347. The minimum absolute atomic E-state index is 0.348. The number of anilines is 2. The number of amides is 2. The van der Waals surface area contributed by atoms with Gasteiger partial charge < -0.3 is 10.6 Å². The van der Waals surface area contributed by atoms with Gasteiger partial charge in [0.2, 0.25) is 0 Å². The summed E-state index contributed by atoms with van der Waals surface area (Å²) in [5.74, 6) is 0. The van der Waals surface area contributed by atoms with Crippen LogP contribution in [0.15, 0.2) is 78.2 Å². The minimum atomic E-state index is -0.348. The molecule has 144 valence electrons. The third kappa shape index (κ3) is 4.77.